The average molecular weight is 466 g/mol. The largest absolute Gasteiger partial charge is 0.493 e. The van der Waals surface area contributed by atoms with E-state index in [9.17, 15) is 79.0 Å². The maximum absolute atomic E-state index is 13.7. The van der Waals surface area contributed by atoms with E-state index in [4.69, 9.17) is 0 Å². The Morgan fingerprint density at radius 3 is 0.929 bits per heavy atom. The van der Waals surface area contributed by atoms with E-state index in [1.54, 1.807) is 0 Å². The molecule has 0 saturated carbocycles. The van der Waals surface area contributed by atoms with Crippen molar-refractivity contribution >= 4 is 0 Å². The van der Waals surface area contributed by atoms with Crippen molar-refractivity contribution in [2.24, 2.45) is 0 Å². The zero-order valence-electron chi connectivity index (χ0n) is 11.7. The van der Waals surface area contributed by atoms with Crippen molar-refractivity contribution in [3.05, 3.63) is 11.8 Å². The predicted octanol–water partition coefficient (Wildman–Crippen LogP) is 6.01. The molecule has 0 spiro atoms. The number of hydrogen-bond donors (Lipinski definition) is 0. The Kier molecular flexibility index (Phi) is 6.50. The van der Waals surface area contributed by atoms with Gasteiger partial charge in [0.2, 0.25) is 11.8 Å². The molecule has 168 valence electrons. The lowest BCUT2D eigenvalue weighted by molar-refractivity contribution is -0.450. The van der Waals surface area contributed by atoms with Gasteiger partial charge in [0.25, 0.3) is 0 Å². The number of alkyl halides is 16. The Balaban J connectivity index is 7.19. The number of rotatable bonds is 3. The molecule has 0 rings (SSSR count). The molecule has 0 N–H and O–H groups in total. The average Bonchev–Trinajstić information content (AvgIpc) is 2.28. The summed E-state index contributed by atoms with van der Waals surface area (Å²) in [5.41, 5.74) is 0. The van der Waals surface area contributed by atoms with Crippen molar-refractivity contribution in [3.8, 4) is 0 Å². The van der Waals surface area contributed by atoms with E-state index in [2.05, 4.69) is 0 Å². The van der Waals surface area contributed by atoms with Gasteiger partial charge >= 0.3 is 37.2 Å². The van der Waals surface area contributed by atoms with Crippen LogP contribution in [0, 0.1) is 0 Å². The highest BCUT2D eigenvalue weighted by Crippen LogP contribution is 2.54. The van der Waals surface area contributed by atoms with E-state index in [-0.39, 0.29) is 0 Å². The molecule has 0 radical (unpaired) electrons. The van der Waals surface area contributed by atoms with E-state index < -0.39 is 58.7 Å². The smallest absolute Gasteiger partial charge is 0.207 e. The molecule has 1 atom stereocenters. The van der Waals surface area contributed by atoms with Crippen LogP contribution in [-0.4, -0.2) is 47.0 Å². The SMILES string of the molecule is F/C(=C(\F)C(F)(N(C(F)(F)F)C(F)(F)F)C(F)(F)F)N(C(F)(F)F)C(F)(F)F. The van der Waals surface area contributed by atoms with Gasteiger partial charge in [-0.25, -0.2) is 8.78 Å². The van der Waals surface area contributed by atoms with Gasteiger partial charge < -0.3 is 0 Å². The number of hydrogen-bond acceptors (Lipinski definition) is 2. The summed E-state index contributed by atoms with van der Waals surface area (Å²) < 4.78 is 223. The molecule has 0 aliphatic heterocycles. The maximum Gasteiger partial charge on any atom is 0.493 e. The monoisotopic (exact) mass is 466 g/mol. The lowest BCUT2D eigenvalue weighted by atomic mass is 10.1. The molecule has 0 heterocycles. The van der Waals surface area contributed by atoms with E-state index >= 15 is 0 Å². The van der Waals surface area contributed by atoms with E-state index in [1.165, 1.54) is 0 Å². The highest BCUT2D eigenvalue weighted by Gasteiger charge is 2.78. The van der Waals surface area contributed by atoms with Crippen molar-refractivity contribution in [1.29, 1.82) is 0 Å². The molecule has 20 heteroatoms. The lowest BCUT2D eigenvalue weighted by Gasteiger charge is -2.39. The molecule has 0 fully saturated rings. The van der Waals surface area contributed by atoms with Crippen LogP contribution in [0.4, 0.5) is 79.0 Å². The van der Waals surface area contributed by atoms with Crippen molar-refractivity contribution in [2.45, 2.75) is 37.2 Å². The third kappa shape index (κ3) is 4.99. The Labute approximate surface area is 139 Å². The predicted molar refractivity (Wildman–Crippen MR) is 47.0 cm³/mol. The fourth-order valence-corrected chi connectivity index (χ4v) is 1.44. The molecule has 0 amide bonds. The van der Waals surface area contributed by atoms with Crippen LogP contribution in [0.1, 0.15) is 0 Å². The van der Waals surface area contributed by atoms with Gasteiger partial charge in [-0.15, -0.1) is 26.3 Å². The normalized spacial score (nSPS) is 18.1. The fraction of sp³-hybridized carbons (Fsp3) is 0.750. The van der Waals surface area contributed by atoms with Gasteiger partial charge in [-0.1, -0.05) is 4.90 Å². The quantitative estimate of drug-likeness (QED) is 0.372. The molecule has 0 aromatic carbocycles. The van der Waals surface area contributed by atoms with Crippen molar-refractivity contribution in [2.75, 3.05) is 0 Å². The van der Waals surface area contributed by atoms with E-state index in [1.807, 2.05) is 0 Å². The van der Waals surface area contributed by atoms with Crippen LogP contribution in [0.2, 0.25) is 0 Å². The second-order valence-electron chi connectivity index (χ2n) is 4.27. The summed E-state index contributed by atoms with van der Waals surface area (Å²) >= 11 is 0. The maximum atomic E-state index is 13.7. The van der Waals surface area contributed by atoms with E-state index in [0.717, 1.165) is 0 Å². The summed E-state index contributed by atoms with van der Waals surface area (Å²) in [7, 11) is 0. The van der Waals surface area contributed by atoms with Crippen LogP contribution in [0.5, 0.6) is 0 Å². The van der Waals surface area contributed by atoms with Gasteiger partial charge in [0.1, 0.15) is 0 Å². The number of halogens is 18. The summed E-state index contributed by atoms with van der Waals surface area (Å²) in [5.74, 6) is -18.4. The molecule has 0 aliphatic carbocycles. The van der Waals surface area contributed by atoms with Crippen LogP contribution in [0.25, 0.3) is 0 Å². The first-order chi connectivity index (χ1) is 11.8. The third-order valence-electron chi connectivity index (χ3n) is 2.37. The Bertz CT molecular complexity index is 557. The van der Waals surface area contributed by atoms with Gasteiger partial charge in [0.15, 0.2) is 0 Å². The van der Waals surface area contributed by atoms with Gasteiger partial charge in [0.05, 0.1) is 0 Å². The summed E-state index contributed by atoms with van der Waals surface area (Å²) in [4.78, 5) is -8.30. The fourth-order valence-electron chi connectivity index (χ4n) is 1.44. The van der Waals surface area contributed by atoms with E-state index in [0.29, 0.717) is 0 Å². The van der Waals surface area contributed by atoms with Crippen molar-refractivity contribution in [1.82, 2.24) is 9.80 Å². The highest BCUT2D eigenvalue weighted by atomic mass is 19.4. The molecule has 0 aliphatic rings. The minimum Gasteiger partial charge on any atom is -0.207 e. The Hall–Kier alpha value is -1.76. The zero-order chi connectivity index (χ0) is 23.3. The highest BCUT2D eigenvalue weighted by molar-refractivity contribution is 5.18. The molecule has 1 unspecified atom stereocenters. The van der Waals surface area contributed by atoms with Gasteiger partial charge in [0, 0.05) is 0 Å². The molecule has 0 aromatic rings. The van der Waals surface area contributed by atoms with Crippen LogP contribution >= 0.6 is 0 Å². The first kappa shape index (κ1) is 26.2. The summed E-state index contributed by atoms with van der Waals surface area (Å²) in [6, 6.07) is 0. The second-order valence-corrected chi connectivity index (χ2v) is 4.27. The molecular weight excluding hydrogens is 466 g/mol. The first-order valence-electron chi connectivity index (χ1n) is 5.49. The van der Waals surface area contributed by atoms with Crippen molar-refractivity contribution in [3.63, 3.8) is 0 Å². The van der Waals surface area contributed by atoms with Crippen LogP contribution in [0.3, 0.4) is 0 Å². The summed E-state index contributed by atoms with van der Waals surface area (Å²) in [6.07, 6.45) is -37.8. The van der Waals surface area contributed by atoms with Crippen LogP contribution in [-0.2, 0) is 0 Å². The first-order valence-corrected chi connectivity index (χ1v) is 5.49. The van der Waals surface area contributed by atoms with Crippen LogP contribution < -0.4 is 0 Å². The molecular formula is C8F18N2. The summed E-state index contributed by atoms with van der Waals surface area (Å²) in [5, 5.41) is 0. The van der Waals surface area contributed by atoms with Crippen LogP contribution in [0.15, 0.2) is 11.8 Å². The Morgan fingerprint density at radius 1 is 0.464 bits per heavy atom. The molecule has 0 saturated heterocycles. The zero-order valence-corrected chi connectivity index (χ0v) is 11.7. The standard InChI is InChI=1S/C8F18N2/c9-1(2(10)27(5(15,16)17)6(18,19)20)3(11,4(12,13)14)28(7(21,22)23)8(24,25)26/b2-1+. The molecule has 0 aromatic heterocycles. The minimum absolute atomic E-state index is 3.90. The topological polar surface area (TPSA) is 6.48 Å². The second kappa shape index (κ2) is 6.94. The Morgan fingerprint density at radius 2 is 0.750 bits per heavy atom. The number of nitrogens with zero attached hydrogens (tertiary/aromatic N) is 2. The van der Waals surface area contributed by atoms with Gasteiger partial charge in [-0.2, -0.15) is 48.8 Å². The lowest BCUT2D eigenvalue weighted by Crippen LogP contribution is -2.66. The third-order valence-corrected chi connectivity index (χ3v) is 2.37. The molecule has 2 nitrogen and oxygen atoms in total. The minimum atomic E-state index is -7.90. The van der Waals surface area contributed by atoms with Gasteiger partial charge in [-0.3, -0.25) is 0 Å². The summed E-state index contributed by atoms with van der Waals surface area (Å²) in [6.45, 7) is 0. The van der Waals surface area contributed by atoms with Gasteiger partial charge in [-0.05, 0) is 0 Å². The molecule has 0 bridgehead atoms. The molecule has 28 heavy (non-hydrogen) atoms. The van der Waals surface area contributed by atoms with Crippen molar-refractivity contribution < 1.29 is 79.0 Å².